The molecule has 2 unspecified atom stereocenters. The maximum atomic E-state index is 11.4. The van der Waals surface area contributed by atoms with Crippen LogP contribution in [0, 0.1) is 40.4 Å². The molecule has 0 spiro atoms. The minimum Gasteiger partial charge on any atom is -0.298 e. The first-order chi connectivity index (χ1) is 6.46. The summed E-state index contributed by atoms with van der Waals surface area (Å²) in [7, 11) is 0. The van der Waals surface area contributed by atoms with Crippen molar-refractivity contribution in [1.29, 1.82) is 10.5 Å². The lowest BCUT2D eigenvalue weighted by atomic mass is 9.67. The number of nitriles is 2. The monoisotopic (exact) mass is 192 g/mol. The van der Waals surface area contributed by atoms with Gasteiger partial charge >= 0.3 is 0 Å². The normalized spacial score (nSPS) is 29.6. The summed E-state index contributed by atoms with van der Waals surface area (Å²) in [5.74, 6) is 0.00512. The Morgan fingerprint density at radius 1 is 1.50 bits per heavy atom. The van der Waals surface area contributed by atoms with Crippen LogP contribution in [0.25, 0.3) is 0 Å². The molecule has 1 rings (SSSR count). The summed E-state index contributed by atoms with van der Waals surface area (Å²) in [5, 5.41) is 15.2. The van der Waals surface area contributed by atoms with E-state index in [1.54, 1.807) is 0 Å². The van der Waals surface area contributed by atoms with Gasteiger partial charge in [0.1, 0.15) is 5.92 Å². The van der Waals surface area contributed by atoms with Crippen LogP contribution >= 0.6 is 0 Å². The van der Waals surface area contributed by atoms with Crippen molar-refractivity contribution >= 4 is 5.78 Å². The molecule has 2 atom stereocenters. The number of hydrogen-bond acceptors (Lipinski definition) is 3. The third kappa shape index (κ3) is 2.85. The molecule has 1 saturated carbocycles. The molecule has 0 saturated heterocycles. The molecule has 0 aromatic heterocycles. The highest BCUT2D eigenvalue weighted by atomic mass is 16.1. The molecule has 1 aliphatic carbocycles. The molecule has 14 heavy (non-hydrogen) atoms. The summed E-state index contributed by atoms with van der Waals surface area (Å²) in [6, 6.07) is 2.09. The molecule has 1 fully saturated rings. The quantitative estimate of drug-likeness (QED) is 0.591. The number of carbonyl (C=O) groups excluding carboxylic acids is 1. The van der Waals surface area contributed by atoms with E-state index in [-0.39, 0.29) is 23.0 Å². The zero-order chi connectivity index (χ0) is 11.4. The van der Waals surface area contributed by atoms with Gasteiger partial charge < -0.3 is 0 Å². The molecule has 0 bridgehead atoms. The smallest absolute Gasteiger partial charge is 0.150 e. The number of nitrogens with zero attached hydrogens (tertiary/aromatic N) is 2. The highest BCUT2D eigenvalue weighted by Gasteiger charge is 2.38. The topological polar surface area (TPSA) is 64.7 Å². The number of Topliss-reactive ketones (excluding diaryl/α,β-unsaturated/α-hetero) is 1. The number of rotatable bonds is 0. The van der Waals surface area contributed by atoms with Crippen molar-refractivity contribution < 1.29 is 4.79 Å². The van der Waals surface area contributed by atoms with Crippen molar-refractivity contribution in [1.82, 2.24) is 0 Å². The summed E-state index contributed by atoms with van der Waals surface area (Å²) >= 11 is 0. The van der Waals surface area contributed by atoms with Crippen LogP contribution in [-0.4, -0.2) is 5.78 Å². The van der Waals surface area contributed by atoms with Gasteiger partial charge in [0, 0.05) is 13.0 Å². The second-order valence-corrected chi connectivity index (χ2v) is 4.60. The maximum Gasteiger partial charge on any atom is 0.150 e. The van der Waals surface area contributed by atoms with Crippen molar-refractivity contribution in [3.63, 3.8) is 0 Å². The average molecular weight is 192 g/mol. The molecule has 1 aliphatic rings. The van der Waals surface area contributed by atoms with Gasteiger partial charge in [-0.1, -0.05) is 20.8 Å². The Labute approximate surface area is 85.3 Å². The van der Waals surface area contributed by atoms with Gasteiger partial charge in [0.15, 0.2) is 5.78 Å². The lowest BCUT2D eigenvalue weighted by Gasteiger charge is -2.35. The zero-order valence-corrected chi connectivity index (χ0v) is 8.95. The Morgan fingerprint density at radius 2 is 2.00 bits per heavy atom. The van der Waals surface area contributed by atoms with E-state index >= 15 is 0 Å². The fourth-order valence-corrected chi connectivity index (χ4v) is 2.16. The predicted octanol–water partition coefficient (Wildman–Crippen LogP) is 2.29. The highest BCUT2D eigenvalue weighted by molar-refractivity contribution is 5.84. The van der Waals surface area contributed by atoms with E-state index in [1.165, 1.54) is 0 Å². The second kappa shape index (κ2) is 4.77. The summed E-state index contributed by atoms with van der Waals surface area (Å²) in [4.78, 5) is 11.4. The maximum absolute atomic E-state index is 11.4. The molecule has 0 heterocycles. The highest BCUT2D eigenvalue weighted by Crippen LogP contribution is 2.39. The van der Waals surface area contributed by atoms with Gasteiger partial charge in [-0.25, -0.2) is 5.26 Å². The molecule has 76 valence electrons. The molecule has 3 heteroatoms. The number of hydrogen-bond donors (Lipinski definition) is 0. The Morgan fingerprint density at radius 3 is 2.36 bits per heavy atom. The van der Waals surface area contributed by atoms with Crippen molar-refractivity contribution in [2.75, 3.05) is 0 Å². The van der Waals surface area contributed by atoms with Crippen LogP contribution in [0.15, 0.2) is 0 Å². The fourth-order valence-electron chi connectivity index (χ4n) is 2.16. The standard InChI is InChI=1S/C10H15NO.CHN/c1-7-4-10(2,3)5-9(12)8(7)6-11;1-2/h7-8H,4-5H2,1-3H3;1H. The van der Waals surface area contributed by atoms with Crippen LogP contribution in [0.5, 0.6) is 0 Å². The van der Waals surface area contributed by atoms with Crippen LogP contribution in [0.4, 0.5) is 0 Å². The van der Waals surface area contributed by atoms with Crippen molar-refractivity contribution in [3.8, 4) is 12.6 Å². The van der Waals surface area contributed by atoms with Crippen LogP contribution in [0.2, 0.25) is 0 Å². The van der Waals surface area contributed by atoms with Crippen LogP contribution in [0.3, 0.4) is 0 Å². The Hall–Kier alpha value is -1.35. The Balaban J connectivity index is 0.000000791. The number of ketones is 1. The van der Waals surface area contributed by atoms with E-state index in [0.29, 0.717) is 6.42 Å². The first-order valence-corrected chi connectivity index (χ1v) is 4.64. The molecule has 0 aromatic carbocycles. The largest absolute Gasteiger partial charge is 0.298 e. The molecule has 0 aliphatic heterocycles. The minimum absolute atomic E-state index is 0.101. The third-order valence-corrected chi connectivity index (χ3v) is 2.58. The Kier molecular flexibility index (Phi) is 4.31. The van der Waals surface area contributed by atoms with Crippen LogP contribution < -0.4 is 0 Å². The van der Waals surface area contributed by atoms with Gasteiger partial charge in [0.25, 0.3) is 0 Å². The second-order valence-electron chi connectivity index (χ2n) is 4.60. The minimum atomic E-state index is -0.349. The van der Waals surface area contributed by atoms with Crippen LogP contribution in [-0.2, 0) is 4.79 Å². The first-order valence-electron chi connectivity index (χ1n) is 4.64. The van der Waals surface area contributed by atoms with Crippen LogP contribution in [0.1, 0.15) is 33.6 Å². The first kappa shape index (κ1) is 12.7. The average Bonchev–Trinajstić information content (AvgIpc) is 2.05. The Bertz CT molecular complexity index is 273. The zero-order valence-electron chi connectivity index (χ0n) is 8.95. The molecule has 0 radical (unpaired) electrons. The molecule has 0 aromatic rings. The van der Waals surface area contributed by atoms with Gasteiger partial charge in [0.2, 0.25) is 0 Å². The molecular formula is C11H16N2O. The van der Waals surface area contributed by atoms with Gasteiger partial charge in [-0.3, -0.25) is 4.79 Å². The predicted molar refractivity (Wildman–Crippen MR) is 53.0 cm³/mol. The van der Waals surface area contributed by atoms with Crippen molar-refractivity contribution in [2.24, 2.45) is 17.3 Å². The van der Waals surface area contributed by atoms with E-state index in [9.17, 15) is 4.79 Å². The summed E-state index contributed by atoms with van der Waals surface area (Å²) in [6.07, 6.45) is 1.55. The molecular weight excluding hydrogens is 176 g/mol. The van der Waals surface area contributed by atoms with E-state index in [4.69, 9.17) is 10.5 Å². The van der Waals surface area contributed by atoms with E-state index in [0.717, 1.165) is 6.42 Å². The molecule has 3 nitrogen and oxygen atoms in total. The summed E-state index contributed by atoms with van der Waals surface area (Å²) < 4.78 is 0. The van der Waals surface area contributed by atoms with E-state index < -0.39 is 0 Å². The lowest BCUT2D eigenvalue weighted by molar-refractivity contribution is -0.127. The molecule has 0 amide bonds. The van der Waals surface area contributed by atoms with Crippen molar-refractivity contribution in [3.05, 3.63) is 0 Å². The van der Waals surface area contributed by atoms with Gasteiger partial charge in [-0.05, 0) is 17.8 Å². The molecule has 0 N–H and O–H groups in total. The summed E-state index contributed by atoms with van der Waals surface area (Å²) in [5.41, 5.74) is 0.101. The SMILES string of the molecule is C#N.CC1CC(C)(C)CC(=O)C1C#N. The van der Waals surface area contributed by atoms with Crippen molar-refractivity contribution in [2.45, 2.75) is 33.6 Å². The third-order valence-electron chi connectivity index (χ3n) is 2.58. The summed E-state index contributed by atoms with van der Waals surface area (Å²) in [6.45, 7) is 9.68. The van der Waals surface area contributed by atoms with Gasteiger partial charge in [-0.15, -0.1) is 0 Å². The fraction of sp³-hybridized carbons (Fsp3) is 0.727. The lowest BCUT2D eigenvalue weighted by Crippen LogP contribution is -2.35. The van der Waals surface area contributed by atoms with Gasteiger partial charge in [-0.2, -0.15) is 5.26 Å². The van der Waals surface area contributed by atoms with E-state index in [1.807, 2.05) is 6.92 Å². The van der Waals surface area contributed by atoms with Gasteiger partial charge in [0.05, 0.1) is 6.07 Å². The van der Waals surface area contributed by atoms with E-state index in [2.05, 4.69) is 26.5 Å². The number of carbonyl (C=O) groups is 1.